The first-order chi connectivity index (χ1) is 11.3. The molecule has 0 saturated carbocycles. The zero-order chi connectivity index (χ0) is 17.7. The molecular weight excluding hydrogens is 343 g/mol. The number of imide groups is 1. The number of sulfonamides is 1. The van der Waals surface area contributed by atoms with Crippen LogP contribution in [0.2, 0.25) is 0 Å². The van der Waals surface area contributed by atoms with Gasteiger partial charge in [-0.25, -0.2) is 17.6 Å². The number of hydrogen-bond acceptors (Lipinski definition) is 6. The van der Waals surface area contributed by atoms with Gasteiger partial charge in [-0.2, -0.15) is 4.31 Å². The highest BCUT2D eigenvalue weighted by molar-refractivity contribution is 7.89. The molecule has 1 aliphatic rings. The van der Waals surface area contributed by atoms with Gasteiger partial charge in [-0.3, -0.25) is 10.1 Å². The fraction of sp³-hybridized carbons (Fsp3) is 0.385. The first-order valence-corrected chi connectivity index (χ1v) is 8.45. The van der Waals surface area contributed by atoms with Gasteiger partial charge in [0.2, 0.25) is 15.9 Å². The van der Waals surface area contributed by atoms with Gasteiger partial charge in [0.25, 0.3) is 0 Å². The quantitative estimate of drug-likeness (QED) is 0.646. The van der Waals surface area contributed by atoms with E-state index < -0.39 is 32.7 Å². The van der Waals surface area contributed by atoms with Crippen molar-refractivity contribution in [2.75, 3.05) is 38.2 Å². The molecule has 0 radical (unpaired) electrons. The second-order valence-electron chi connectivity index (χ2n) is 4.93. The number of primary amides is 1. The molecule has 132 valence electrons. The average Bonchev–Trinajstić information content (AvgIpc) is 2.54. The fourth-order valence-electron chi connectivity index (χ4n) is 2.10. The summed E-state index contributed by atoms with van der Waals surface area (Å²) in [5, 5.41) is 4.44. The Bertz CT molecular complexity index is 734. The van der Waals surface area contributed by atoms with Crippen molar-refractivity contribution in [1.29, 1.82) is 0 Å². The lowest BCUT2D eigenvalue weighted by Crippen LogP contribution is -2.41. The molecule has 3 amide bonds. The molecule has 2 rings (SSSR count). The maximum Gasteiger partial charge on any atom is 0.318 e. The van der Waals surface area contributed by atoms with Gasteiger partial charge in [-0.1, -0.05) is 0 Å². The molecular formula is C13H17FN4O5S. The summed E-state index contributed by atoms with van der Waals surface area (Å²) < 4.78 is 45.2. The highest BCUT2D eigenvalue weighted by atomic mass is 32.2. The number of nitrogens with two attached hydrogens (primary N) is 1. The van der Waals surface area contributed by atoms with E-state index in [9.17, 15) is 22.4 Å². The van der Waals surface area contributed by atoms with E-state index in [4.69, 9.17) is 10.5 Å². The predicted molar refractivity (Wildman–Crippen MR) is 82.2 cm³/mol. The molecule has 24 heavy (non-hydrogen) atoms. The Balaban J connectivity index is 2.16. The summed E-state index contributed by atoms with van der Waals surface area (Å²) in [4.78, 5) is 21.4. The Kier molecular flexibility index (Phi) is 5.70. The van der Waals surface area contributed by atoms with Crippen LogP contribution in [-0.2, 0) is 19.6 Å². The van der Waals surface area contributed by atoms with Gasteiger partial charge in [0.15, 0.2) is 0 Å². The second kappa shape index (κ2) is 7.55. The lowest BCUT2D eigenvalue weighted by atomic mass is 10.3. The van der Waals surface area contributed by atoms with Gasteiger partial charge < -0.3 is 15.8 Å². The summed E-state index contributed by atoms with van der Waals surface area (Å²) >= 11 is 0. The Labute approximate surface area is 138 Å². The van der Waals surface area contributed by atoms with Crippen molar-refractivity contribution >= 4 is 27.6 Å². The summed E-state index contributed by atoms with van der Waals surface area (Å²) in [5.74, 6) is -1.60. The van der Waals surface area contributed by atoms with Crippen LogP contribution in [0, 0.1) is 5.82 Å². The third kappa shape index (κ3) is 4.40. The number of anilines is 1. The Hall–Kier alpha value is -2.24. The van der Waals surface area contributed by atoms with Crippen LogP contribution >= 0.6 is 0 Å². The molecule has 1 aromatic rings. The maximum atomic E-state index is 14.0. The number of urea groups is 1. The zero-order valence-corrected chi connectivity index (χ0v) is 13.4. The molecule has 11 heteroatoms. The molecule has 0 spiro atoms. The number of morpholine rings is 1. The molecule has 0 bridgehead atoms. The maximum absolute atomic E-state index is 14.0. The van der Waals surface area contributed by atoms with Crippen LogP contribution in [0.25, 0.3) is 0 Å². The van der Waals surface area contributed by atoms with Crippen molar-refractivity contribution in [3.63, 3.8) is 0 Å². The van der Waals surface area contributed by atoms with Crippen LogP contribution < -0.4 is 16.4 Å². The van der Waals surface area contributed by atoms with Gasteiger partial charge in [-0.15, -0.1) is 0 Å². The van der Waals surface area contributed by atoms with Crippen LogP contribution in [-0.4, -0.2) is 57.5 Å². The van der Waals surface area contributed by atoms with Crippen molar-refractivity contribution in [2.45, 2.75) is 4.90 Å². The fourth-order valence-corrected chi connectivity index (χ4v) is 3.60. The lowest BCUT2D eigenvalue weighted by Gasteiger charge is -2.26. The van der Waals surface area contributed by atoms with Crippen molar-refractivity contribution in [3.8, 4) is 0 Å². The number of nitrogens with zero attached hydrogens (tertiary/aromatic N) is 1. The number of nitrogens with one attached hydrogen (secondary N) is 2. The van der Waals surface area contributed by atoms with Crippen LogP contribution in [0.15, 0.2) is 23.1 Å². The minimum atomic E-state index is -4.01. The molecule has 1 heterocycles. The van der Waals surface area contributed by atoms with E-state index in [1.807, 2.05) is 5.32 Å². The second-order valence-corrected chi connectivity index (χ2v) is 6.83. The van der Waals surface area contributed by atoms with Crippen molar-refractivity contribution in [3.05, 3.63) is 24.0 Å². The standard InChI is InChI=1S/C13H17FN4O5S/c14-10-2-1-9(16-8-12(19)17-13(15)20)7-11(10)24(21,22)18-3-5-23-6-4-18/h1-2,7,16H,3-6,8H2,(H3,15,17,19,20). The Morgan fingerprint density at radius 2 is 1.96 bits per heavy atom. The molecule has 1 saturated heterocycles. The van der Waals surface area contributed by atoms with E-state index in [-0.39, 0.29) is 38.5 Å². The number of carbonyl (C=O) groups is 2. The topological polar surface area (TPSA) is 131 Å². The van der Waals surface area contributed by atoms with E-state index in [0.717, 1.165) is 16.4 Å². The van der Waals surface area contributed by atoms with E-state index in [1.54, 1.807) is 0 Å². The number of benzene rings is 1. The van der Waals surface area contributed by atoms with Crippen LogP contribution in [0.5, 0.6) is 0 Å². The molecule has 0 aliphatic carbocycles. The van der Waals surface area contributed by atoms with Gasteiger partial charge in [0.1, 0.15) is 10.7 Å². The number of hydrogen-bond donors (Lipinski definition) is 3. The van der Waals surface area contributed by atoms with Crippen molar-refractivity contribution in [1.82, 2.24) is 9.62 Å². The first kappa shape index (κ1) is 18.1. The molecule has 1 fully saturated rings. The molecule has 4 N–H and O–H groups in total. The van der Waals surface area contributed by atoms with Gasteiger partial charge in [0.05, 0.1) is 19.8 Å². The third-order valence-corrected chi connectivity index (χ3v) is 5.15. The molecule has 0 aromatic heterocycles. The Morgan fingerprint density at radius 3 is 2.58 bits per heavy atom. The minimum Gasteiger partial charge on any atom is -0.379 e. The van der Waals surface area contributed by atoms with E-state index >= 15 is 0 Å². The van der Waals surface area contributed by atoms with E-state index in [0.29, 0.717) is 0 Å². The Morgan fingerprint density at radius 1 is 1.29 bits per heavy atom. The van der Waals surface area contributed by atoms with Gasteiger partial charge >= 0.3 is 6.03 Å². The van der Waals surface area contributed by atoms with Crippen LogP contribution in [0.3, 0.4) is 0 Å². The van der Waals surface area contributed by atoms with Crippen LogP contribution in [0.1, 0.15) is 0 Å². The number of amides is 3. The lowest BCUT2D eigenvalue weighted by molar-refractivity contribution is -0.118. The minimum absolute atomic E-state index is 0.139. The highest BCUT2D eigenvalue weighted by Gasteiger charge is 2.29. The molecule has 0 atom stereocenters. The monoisotopic (exact) mass is 360 g/mol. The van der Waals surface area contributed by atoms with E-state index in [1.165, 1.54) is 6.07 Å². The highest BCUT2D eigenvalue weighted by Crippen LogP contribution is 2.23. The van der Waals surface area contributed by atoms with Gasteiger partial charge in [0, 0.05) is 18.8 Å². The SMILES string of the molecule is NC(=O)NC(=O)CNc1ccc(F)c(S(=O)(=O)N2CCOCC2)c1. The average molecular weight is 360 g/mol. The molecule has 9 nitrogen and oxygen atoms in total. The largest absolute Gasteiger partial charge is 0.379 e. The smallest absolute Gasteiger partial charge is 0.318 e. The third-order valence-electron chi connectivity index (χ3n) is 3.23. The summed E-state index contributed by atoms with van der Waals surface area (Å²) in [5.41, 5.74) is 5.01. The summed E-state index contributed by atoms with van der Waals surface area (Å²) in [7, 11) is -4.01. The number of ether oxygens (including phenoxy) is 1. The molecule has 0 unspecified atom stereocenters. The number of carbonyl (C=O) groups excluding carboxylic acids is 2. The summed E-state index contributed by atoms with van der Waals surface area (Å²) in [6.07, 6.45) is 0. The predicted octanol–water partition coefficient (Wildman–Crippen LogP) is -0.547. The molecule has 1 aromatic carbocycles. The summed E-state index contributed by atoms with van der Waals surface area (Å²) in [6.45, 7) is 0.435. The van der Waals surface area contributed by atoms with Crippen molar-refractivity contribution < 1.29 is 27.1 Å². The zero-order valence-electron chi connectivity index (χ0n) is 12.6. The molecule has 1 aliphatic heterocycles. The summed E-state index contributed by atoms with van der Waals surface area (Å²) in [6, 6.07) is 2.36. The van der Waals surface area contributed by atoms with E-state index in [2.05, 4.69) is 5.32 Å². The first-order valence-electron chi connectivity index (χ1n) is 7.01. The van der Waals surface area contributed by atoms with Crippen LogP contribution in [0.4, 0.5) is 14.9 Å². The number of halogens is 1. The normalized spacial score (nSPS) is 15.7. The van der Waals surface area contributed by atoms with Gasteiger partial charge in [-0.05, 0) is 18.2 Å². The van der Waals surface area contributed by atoms with Crippen molar-refractivity contribution in [2.24, 2.45) is 5.73 Å². The number of rotatable bonds is 5.